The van der Waals surface area contributed by atoms with Gasteiger partial charge in [-0.15, -0.1) is 0 Å². The Morgan fingerprint density at radius 2 is 1.88 bits per heavy atom. The number of nitrogens with one attached hydrogen (secondary N) is 1. The molecule has 0 saturated carbocycles. The molecule has 0 aliphatic heterocycles. The van der Waals surface area contributed by atoms with Gasteiger partial charge in [0.15, 0.2) is 0 Å². The van der Waals surface area contributed by atoms with Gasteiger partial charge in [0.05, 0.1) is 12.5 Å². The molecule has 2 heteroatoms. The summed E-state index contributed by atoms with van der Waals surface area (Å²) in [6.07, 6.45) is 3.47. The molecule has 0 spiro atoms. The zero-order valence-corrected chi connectivity index (χ0v) is 9.73. The molecule has 1 unspecified atom stereocenters. The van der Waals surface area contributed by atoms with Crippen LogP contribution in [0.4, 0.5) is 0 Å². The second kappa shape index (κ2) is 4.99. The van der Waals surface area contributed by atoms with E-state index in [4.69, 9.17) is 4.42 Å². The Morgan fingerprint density at radius 1 is 1.12 bits per heavy atom. The molecule has 84 valence electrons. The van der Waals surface area contributed by atoms with Crippen LogP contribution in [0.15, 0.2) is 47.3 Å². The fourth-order valence-corrected chi connectivity index (χ4v) is 1.82. The molecular weight excluding hydrogens is 198 g/mol. The Hall–Kier alpha value is -1.54. The average molecular weight is 215 g/mol. The highest BCUT2D eigenvalue weighted by Crippen LogP contribution is 2.22. The zero-order valence-electron chi connectivity index (χ0n) is 9.73. The molecule has 1 aromatic carbocycles. The Bertz CT molecular complexity index is 417. The number of rotatable bonds is 4. The van der Waals surface area contributed by atoms with E-state index in [-0.39, 0.29) is 0 Å². The lowest BCUT2D eigenvalue weighted by atomic mass is 10.0. The maximum Gasteiger partial charge on any atom is 0.0980 e. The highest BCUT2D eigenvalue weighted by molar-refractivity contribution is 5.62. The van der Waals surface area contributed by atoms with Crippen LogP contribution in [0.5, 0.6) is 0 Å². The van der Waals surface area contributed by atoms with E-state index in [1.807, 2.05) is 6.07 Å². The minimum Gasteiger partial charge on any atom is -0.472 e. The van der Waals surface area contributed by atoms with Crippen molar-refractivity contribution in [3.63, 3.8) is 0 Å². The molecule has 0 bridgehead atoms. The maximum absolute atomic E-state index is 5.07. The molecule has 1 N–H and O–H groups in total. The molecule has 0 saturated heterocycles. The van der Waals surface area contributed by atoms with Crippen molar-refractivity contribution in [2.75, 3.05) is 6.54 Å². The van der Waals surface area contributed by atoms with Crippen LogP contribution in [-0.2, 0) is 0 Å². The third kappa shape index (κ3) is 2.34. The molecule has 2 aromatic rings. The van der Waals surface area contributed by atoms with Crippen molar-refractivity contribution >= 4 is 0 Å². The molecule has 16 heavy (non-hydrogen) atoms. The molecule has 2 rings (SSSR count). The molecule has 0 aliphatic carbocycles. The van der Waals surface area contributed by atoms with Gasteiger partial charge in [0.25, 0.3) is 0 Å². The lowest BCUT2D eigenvalue weighted by Gasteiger charge is -2.12. The predicted molar refractivity (Wildman–Crippen MR) is 66.2 cm³/mol. The van der Waals surface area contributed by atoms with E-state index in [1.54, 1.807) is 12.5 Å². The van der Waals surface area contributed by atoms with Crippen molar-refractivity contribution in [2.45, 2.75) is 19.9 Å². The van der Waals surface area contributed by atoms with E-state index >= 15 is 0 Å². The predicted octanol–water partition coefficient (Wildman–Crippen LogP) is 3.62. The SMILES string of the molecule is CCNC(C)c1ccc(-c2ccoc2)cc1. The average Bonchev–Trinajstić information content (AvgIpc) is 2.83. The lowest BCUT2D eigenvalue weighted by molar-refractivity contribution is 0.568. The van der Waals surface area contributed by atoms with Crippen LogP contribution in [0, 0.1) is 0 Å². The van der Waals surface area contributed by atoms with Gasteiger partial charge in [0.2, 0.25) is 0 Å². The normalized spacial score (nSPS) is 12.6. The minimum atomic E-state index is 0.406. The van der Waals surface area contributed by atoms with Gasteiger partial charge in [0, 0.05) is 11.6 Å². The molecule has 1 heterocycles. The summed E-state index contributed by atoms with van der Waals surface area (Å²) in [7, 11) is 0. The highest BCUT2D eigenvalue weighted by atomic mass is 16.3. The first kappa shape index (κ1) is 11.0. The van der Waals surface area contributed by atoms with E-state index in [0.717, 1.165) is 12.1 Å². The largest absolute Gasteiger partial charge is 0.472 e. The van der Waals surface area contributed by atoms with Gasteiger partial charge >= 0.3 is 0 Å². The van der Waals surface area contributed by atoms with Crippen molar-refractivity contribution in [2.24, 2.45) is 0 Å². The molecule has 0 fully saturated rings. The second-order valence-electron chi connectivity index (χ2n) is 3.91. The van der Waals surface area contributed by atoms with Gasteiger partial charge in [-0.3, -0.25) is 0 Å². The lowest BCUT2D eigenvalue weighted by Crippen LogP contribution is -2.17. The second-order valence-corrected chi connectivity index (χ2v) is 3.91. The van der Waals surface area contributed by atoms with Gasteiger partial charge in [0.1, 0.15) is 0 Å². The number of benzene rings is 1. The van der Waals surface area contributed by atoms with Crippen LogP contribution >= 0.6 is 0 Å². The van der Waals surface area contributed by atoms with E-state index < -0.39 is 0 Å². The van der Waals surface area contributed by atoms with Crippen LogP contribution in [-0.4, -0.2) is 6.54 Å². The van der Waals surface area contributed by atoms with Crippen LogP contribution in [0.3, 0.4) is 0 Å². The Morgan fingerprint density at radius 3 is 2.44 bits per heavy atom. The molecule has 1 aromatic heterocycles. The molecule has 0 amide bonds. The monoisotopic (exact) mass is 215 g/mol. The van der Waals surface area contributed by atoms with Crippen LogP contribution in [0.1, 0.15) is 25.5 Å². The number of furan rings is 1. The fourth-order valence-electron chi connectivity index (χ4n) is 1.82. The third-order valence-corrected chi connectivity index (χ3v) is 2.78. The first-order valence-corrected chi connectivity index (χ1v) is 5.67. The van der Waals surface area contributed by atoms with Gasteiger partial charge in [-0.2, -0.15) is 0 Å². The third-order valence-electron chi connectivity index (χ3n) is 2.78. The molecule has 1 atom stereocenters. The summed E-state index contributed by atoms with van der Waals surface area (Å²) >= 11 is 0. The zero-order chi connectivity index (χ0) is 11.4. The quantitative estimate of drug-likeness (QED) is 0.842. The van der Waals surface area contributed by atoms with Crippen LogP contribution in [0.25, 0.3) is 11.1 Å². The summed E-state index contributed by atoms with van der Waals surface area (Å²) in [6.45, 7) is 5.29. The summed E-state index contributed by atoms with van der Waals surface area (Å²) in [6, 6.07) is 11.0. The Labute approximate surface area is 96.3 Å². The van der Waals surface area contributed by atoms with Crippen molar-refractivity contribution in [1.29, 1.82) is 0 Å². The summed E-state index contributed by atoms with van der Waals surface area (Å²) in [4.78, 5) is 0. The van der Waals surface area contributed by atoms with E-state index in [0.29, 0.717) is 6.04 Å². The van der Waals surface area contributed by atoms with E-state index in [1.165, 1.54) is 11.1 Å². The van der Waals surface area contributed by atoms with Crippen molar-refractivity contribution < 1.29 is 4.42 Å². The minimum absolute atomic E-state index is 0.406. The number of hydrogen-bond acceptors (Lipinski definition) is 2. The van der Waals surface area contributed by atoms with E-state index in [9.17, 15) is 0 Å². The number of hydrogen-bond donors (Lipinski definition) is 1. The van der Waals surface area contributed by atoms with Gasteiger partial charge in [-0.1, -0.05) is 31.2 Å². The summed E-state index contributed by atoms with van der Waals surface area (Å²) < 4.78 is 5.07. The fraction of sp³-hybridized carbons (Fsp3) is 0.286. The Balaban J connectivity index is 2.16. The summed E-state index contributed by atoms with van der Waals surface area (Å²) in [5.74, 6) is 0. The van der Waals surface area contributed by atoms with Gasteiger partial charge in [-0.25, -0.2) is 0 Å². The Kier molecular flexibility index (Phi) is 3.42. The van der Waals surface area contributed by atoms with Crippen molar-refractivity contribution in [3.05, 3.63) is 48.4 Å². The molecule has 0 aliphatic rings. The summed E-state index contributed by atoms with van der Waals surface area (Å²) in [5, 5.41) is 3.40. The highest BCUT2D eigenvalue weighted by Gasteiger charge is 2.04. The van der Waals surface area contributed by atoms with Crippen molar-refractivity contribution in [1.82, 2.24) is 5.32 Å². The topological polar surface area (TPSA) is 25.2 Å². The first-order valence-electron chi connectivity index (χ1n) is 5.67. The standard InChI is InChI=1S/C14H17NO/c1-3-15-11(2)12-4-6-13(7-5-12)14-8-9-16-10-14/h4-11,15H,3H2,1-2H3. The van der Waals surface area contributed by atoms with Gasteiger partial charge in [-0.05, 0) is 30.7 Å². The van der Waals surface area contributed by atoms with Crippen molar-refractivity contribution in [3.8, 4) is 11.1 Å². The molecule has 2 nitrogen and oxygen atoms in total. The van der Waals surface area contributed by atoms with Gasteiger partial charge < -0.3 is 9.73 Å². The first-order chi connectivity index (χ1) is 7.81. The smallest absolute Gasteiger partial charge is 0.0980 e. The summed E-state index contributed by atoms with van der Waals surface area (Å²) in [5.41, 5.74) is 3.64. The molecule has 0 radical (unpaired) electrons. The maximum atomic E-state index is 5.07. The van der Waals surface area contributed by atoms with E-state index in [2.05, 4.69) is 43.4 Å². The van der Waals surface area contributed by atoms with Crippen LogP contribution < -0.4 is 5.32 Å². The van der Waals surface area contributed by atoms with Crippen LogP contribution in [0.2, 0.25) is 0 Å². The molecular formula is C14H17NO.